The van der Waals surface area contributed by atoms with E-state index >= 15 is 0 Å². The summed E-state index contributed by atoms with van der Waals surface area (Å²) in [6.45, 7) is 1.92. The number of aromatic nitrogens is 1. The standard InChI is InChI=1S/C24H27N3O3S/c1-26(24(28)17-8-6-9-17)31(29,30)19-11-12-23(27-13-4-5-14-27)20(16-19)22-15-18-7-2-3-10-21(18)25-22/h2-3,7,10-12,15-17,25H,4-6,8-9,13-14H2,1H3. The lowest BCUT2D eigenvalue weighted by molar-refractivity contribution is -0.132. The molecule has 162 valence electrons. The summed E-state index contributed by atoms with van der Waals surface area (Å²) in [5, 5.41) is 1.08. The summed E-state index contributed by atoms with van der Waals surface area (Å²) in [5.41, 5.74) is 3.77. The SMILES string of the molecule is CN(C(=O)C1CCC1)S(=O)(=O)c1ccc(N2CCCC2)c(-c2cc3ccccc3[nH]2)c1. The number of para-hydroxylation sites is 1. The predicted molar refractivity (Wildman–Crippen MR) is 122 cm³/mol. The summed E-state index contributed by atoms with van der Waals surface area (Å²) in [6, 6.07) is 15.3. The third kappa shape index (κ3) is 3.51. The third-order valence-corrected chi connectivity index (χ3v) is 8.41. The monoisotopic (exact) mass is 437 g/mol. The lowest BCUT2D eigenvalue weighted by atomic mass is 9.85. The Bertz CT molecular complexity index is 1200. The van der Waals surface area contributed by atoms with Crippen LogP contribution in [-0.2, 0) is 14.8 Å². The van der Waals surface area contributed by atoms with E-state index in [0.29, 0.717) is 0 Å². The number of nitrogens with one attached hydrogen (secondary N) is 1. The Morgan fingerprint density at radius 2 is 1.77 bits per heavy atom. The molecular formula is C24H27N3O3S. The fourth-order valence-electron chi connectivity index (χ4n) is 4.53. The van der Waals surface area contributed by atoms with Gasteiger partial charge in [-0.15, -0.1) is 0 Å². The first-order chi connectivity index (χ1) is 14.9. The Kier molecular flexibility index (Phi) is 5.01. The number of hydrogen-bond acceptors (Lipinski definition) is 4. The molecule has 2 heterocycles. The van der Waals surface area contributed by atoms with Gasteiger partial charge in [-0.1, -0.05) is 24.6 Å². The number of carbonyl (C=O) groups is 1. The highest BCUT2D eigenvalue weighted by Gasteiger charge is 2.34. The molecule has 1 N–H and O–H groups in total. The van der Waals surface area contributed by atoms with Gasteiger partial charge in [0.25, 0.3) is 10.0 Å². The van der Waals surface area contributed by atoms with Gasteiger partial charge >= 0.3 is 0 Å². The molecule has 1 saturated heterocycles. The number of fused-ring (bicyclic) bond motifs is 1. The largest absolute Gasteiger partial charge is 0.371 e. The van der Waals surface area contributed by atoms with Crippen LogP contribution < -0.4 is 4.90 Å². The van der Waals surface area contributed by atoms with Crippen LogP contribution >= 0.6 is 0 Å². The van der Waals surface area contributed by atoms with Gasteiger partial charge in [0.05, 0.1) is 4.90 Å². The van der Waals surface area contributed by atoms with E-state index in [1.54, 1.807) is 12.1 Å². The minimum absolute atomic E-state index is 0.152. The molecule has 0 radical (unpaired) electrons. The zero-order chi connectivity index (χ0) is 21.6. The predicted octanol–water partition coefficient (Wildman–Crippen LogP) is 4.38. The second-order valence-electron chi connectivity index (χ2n) is 8.58. The zero-order valence-corrected chi connectivity index (χ0v) is 18.5. The molecule has 1 aliphatic heterocycles. The van der Waals surface area contributed by atoms with Gasteiger partial charge in [-0.3, -0.25) is 4.79 Å². The summed E-state index contributed by atoms with van der Waals surface area (Å²) >= 11 is 0. The highest BCUT2D eigenvalue weighted by atomic mass is 32.2. The molecule has 7 heteroatoms. The Morgan fingerprint density at radius 3 is 2.45 bits per heavy atom. The van der Waals surface area contributed by atoms with Crippen molar-refractivity contribution in [1.29, 1.82) is 0 Å². The van der Waals surface area contributed by atoms with Crippen molar-refractivity contribution in [3.63, 3.8) is 0 Å². The number of benzene rings is 2. The van der Waals surface area contributed by atoms with Crippen molar-refractivity contribution in [3.8, 4) is 11.3 Å². The van der Waals surface area contributed by atoms with Crippen molar-refractivity contribution in [1.82, 2.24) is 9.29 Å². The van der Waals surface area contributed by atoms with Crippen LogP contribution in [0.1, 0.15) is 32.1 Å². The minimum atomic E-state index is -3.91. The zero-order valence-electron chi connectivity index (χ0n) is 17.7. The number of hydrogen-bond donors (Lipinski definition) is 1. The van der Waals surface area contributed by atoms with Gasteiger partial charge in [0, 0.05) is 53.9 Å². The number of amides is 1. The van der Waals surface area contributed by atoms with Crippen molar-refractivity contribution in [3.05, 3.63) is 48.5 Å². The van der Waals surface area contributed by atoms with E-state index in [1.165, 1.54) is 7.05 Å². The molecule has 0 atom stereocenters. The first kappa shape index (κ1) is 20.1. The van der Waals surface area contributed by atoms with Crippen LogP contribution in [0.3, 0.4) is 0 Å². The molecule has 2 fully saturated rings. The Balaban J connectivity index is 1.59. The Hall–Kier alpha value is -2.80. The number of sulfonamides is 1. The molecule has 0 bridgehead atoms. The Labute approximate surface area is 182 Å². The Morgan fingerprint density at radius 1 is 1.03 bits per heavy atom. The van der Waals surface area contributed by atoms with E-state index in [2.05, 4.69) is 16.0 Å². The maximum Gasteiger partial charge on any atom is 0.266 e. The van der Waals surface area contributed by atoms with E-state index in [0.717, 1.165) is 77.3 Å². The van der Waals surface area contributed by atoms with Crippen LogP contribution in [0.25, 0.3) is 22.2 Å². The van der Waals surface area contributed by atoms with Gasteiger partial charge in [-0.2, -0.15) is 0 Å². The van der Waals surface area contributed by atoms with Gasteiger partial charge in [-0.05, 0) is 56.0 Å². The van der Waals surface area contributed by atoms with E-state index in [9.17, 15) is 13.2 Å². The number of nitrogens with zero attached hydrogens (tertiary/aromatic N) is 2. The molecule has 0 unspecified atom stereocenters. The lowest BCUT2D eigenvalue weighted by Crippen LogP contribution is -2.40. The summed E-state index contributed by atoms with van der Waals surface area (Å²) in [5.74, 6) is -0.473. The molecule has 5 rings (SSSR count). The maximum atomic E-state index is 13.3. The number of anilines is 1. The molecule has 6 nitrogen and oxygen atoms in total. The van der Waals surface area contributed by atoms with Crippen LogP contribution in [0.2, 0.25) is 0 Å². The topological polar surface area (TPSA) is 73.5 Å². The van der Waals surface area contributed by atoms with Gasteiger partial charge in [-0.25, -0.2) is 12.7 Å². The summed E-state index contributed by atoms with van der Waals surface area (Å²) in [6.07, 6.45) is 4.79. The van der Waals surface area contributed by atoms with Crippen LogP contribution in [0.15, 0.2) is 53.4 Å². The first-order valence-corrected chi connectivity index (χ1v) is 12.4. The third-order valence-electron chi connectivity index (χ3n) is 6.66. The highest BCUT2D eigenvalue weighted by molar-refractivity contribution is 7.89. The average Bonchev–Trinajstić information content (AvgIpc) is 3.41. The van der Waals surface area contributed by atoms with E-state index in [1.807, 2.05) is 30.3 Å². The normalized spacial score (nSPS) is 17.1. The summed E-state index contributed by atoms with van der Waals surface area (Å²) < 4.78 is 27.5. The molecule has 0 spiro atoms. The quantitative estimate of drug-likeness (QED) is 0.643. The van der Waals surface area contributed by atoms with Crippen molar-refractivity contribution in [2.75, 3.05) is 25.0 Å². The van der Waals surface area contributed by atoms with Gasteiger partial charge in [0.2, 0.25) is 5.91 Å². The van der Waals surface area contributed by atoms with Gasteiger partial charge in [0.15, 0.2) is 0 Å². The second-order valence-corrected chi connectivity index (χ2v) is 10.6. The minimum Gasteiger partial charge on any atom is -0.371 e. The van der Waals surface area contributed by atoms with Gasteiger partial charge in [0.1, 0.15) is 0 Å². The molecule has 3 aromatic rings. The van der Waals surface area contributed by atoms with Crippen LogP contribution in [0.5, 0.6) is 0 Å². The molecular weight excluding hydrogens is 410 g/mol. The number of H-pyrrole nitrogens is 1. The smallest absolute Gasteiger partial charge is 0.266 e. The fourth-order valence-corrected chi connectivity index (χ4v) is 5.74. The summed E-state index contributed by atoms with van der Waals surface area (Å²) in [7, 11) is -2.53. The van der Waals surface area contributed by atoms with Crippen molar-refractivity contribution in [2.24, 2.45) is 5.92 Å². The van der Waals surface area contributed by atoms with Crippen LogP contribution in [0.4, 0.5) is 5.69 Å². The summed E-state index contributed by atoms with van der Waals surface area (Å²) in [4.78, 5) is 18.5. The highest BCUT2D eigenvalue weighted by Crippen LogP contribution is 2.37. The van der Waals surface area contributed by atoms with Crippen LogP contribution in [-0.4, -0.2) is 43.8 Å². The molecule has 1 amide bonds. The molecule has 2 aromatic carbocycles. The second kappa shape index (κ2) is 7.71. The first-order valence-electron chi connectivity index (χ1n) is 10.9. The van der Waals surface area contributed by atoms with E-state index in [4.69, 9.17) is 0 Å². The van der Waals surface area contributed by atoms with Crippen LogP contribution in [0, 0.1) is 5.92 Å². The molecule has 1 aromatic heterocycles. The van der Waals surface area contributed by atoms with Gasteiger partial charge < -0.3 is 9.88 Å². The van der Waals surface area contributed by atoms with Crippen molar-refractivity contribution < 1.29 is 13.2 Å². The number of aromatic amines is 1. The maximum absolute atomic E-state index is 13.3. The number of carbonyl (C=O) groups excluding carboxylic acids is 1. The molecule has 31 heavy (non-hydrogen) atoms. The van der Waals surface area contributed by atoms with E-state index < -0.39 is 10.0 Å². The van der Waals surface area contributed by atoms with E-state index in [-0.39, 0.29) is 16.7 Å². The van der Waals surface area contributed by atoms with Crippen molar-refractivity contribution >= 4 is 32.5 Å². The number of rotatable bonds is 5. The molecule has 1 saturated carbocycles. The lowest BCUT2D eigenvalue weighted by Gasteiger charge is -2.29. The fraction of sp³-hybridized carbons (Fsp3) is 0.375. The average molecular weight is 438 g/mol. The molecule has 1 aliphatic carbocycles. The van der Waals surface area contributed by atoms with Crippen molar-refractivity contribution in [2.45, 2.75) is 37.0 Å². The molecule has 2 aliphatic rings.